The summed E-state index contributed by atoms with van der Waals surface area (Å²) in [7, 11) is 0. The highest BCUT2D eigenvalue weighted by Crippen LogP contribution is 2.34. The van der Waals surface area contributed by atoms with Crippen molar-refractivity contribution >= 4 is 23.4 Å². The van der Waals surface area contributed by atoms with E-state index in [2.05, 4.69) is 15.3 Å². The molecule has 0 bridgehead atoms. The number of carbonyl (C=O) groups is 1. The fourth-order valence-corrected chi connectivity index (χ4v) is 2.78. The SMILES string of the molecule is CCCc1cc(=O)[nH]c(Sc2cc(NC(C)=O)ccc2O)n1. The molecule has 0 spiro atoms. The van der Waals surface area contributed by atoms with E-state index in [1.807, 2.05) is 6.92 Å². The lowest BCUT2D eigenvalue weighted by molar-refractivity contribution is -0.114. The Morgan fingerprint density at radius 2 is 2.18 bits per heavy atom. The molecule has 116 valence electrons. The Morgan fingerprint density at radius 3 is 2.86 bits per heavy atom. The Hall–Kier alpha value is -2.28. The quantitative estimate of drug-likeness (QED) is 0.581. The second kappa shape index (κ2) is 7.13. The molecule has 0 aliphatic carbocycles. The molecule has 1 amide bonds. The van der Waals surface area contributed by atoms with Crippen LogP contribution in [0.3, 0.4) is 0 Å². The number of rotatable bonds is 5. The summed E-state index contributed by atoms with van der Waals surface area (Å²) in [5.41, 5.74) is 1.06. The van der Waals surface area contributed by atoms with E-state index in [1.165, 1.54) is 19.1 Å². The molecule has 22 heavy (non-hydrogen) atoms. The molecule has 2 rings (SSSR count). The normalized spacial score (nSPS) is 10.5. The molecular weight excluding hydrogens is 302 g/mol. The van der Waals surface area contributed by atoms with Gasteiger partial charge < -0.3 is 15.4 Å². The fourth-order valence-electron chi connectivity index (χ4n) is 1.90. The lowest BCUT2D eigenvalue weighted by Crippen LogP contribution is -2.10. The maximum atomic E-state index is 11.6. The summed E-state index contributed by atoms with van der Waals surface area (Å²) in [4.78, 5) is 30.2. The number of H-pyrrole nitrogens is 1. The van der Waals surface area contributed by atoms with Gasteiger partial charge in [-0.25, -0.2) is 4.98 Å². The molecule has 2 aromatic rings. The zero-order valence-electron chi connectivity index (χ0n) is 12.3. The molecule has 0 fully saturated rings. The molecule has 0 atom stereocenters. The molecule has 0 unspecified atom stereocenters. The molecule has 0 aliphatic heterocycles. The molecule has 6 nitrogen and oxygen atoms in total. The second-order valence-corrected chi connectivity index (χ2v) is 5.79. The van der Waals surface area contributed by atoms with Crippen LogP contribution >= 0.6 is 11.8 Å². The lowest BCUT2D eigenvalue weighted by atomic mass is 10.2. The second-order valence-electron chi connectivity index (χ2n) is 4.76. The summed E-state index contributed by atoms with van der Waals surface area (Å²) in [6.07, 6.45) is 1.61. The minimum absolute atomic E-state index is 0.0580. The van der Waals surface area contributed by atoms with Crippen molar-refractivity contribution in [1.82, 2.24) is 9.97 Å². The van der Waals surface area contributed by atoms with Crippen LogP contribution in [0.4, 0.5) is 5.69 Å². The van der Waals surface area contributed by atoms with Crippen molar-refractivity contribution in [3.05, 3.63) is 40.3 Å². The average Bonchev–Trinajstić information content (AvgIpc) is 2.41. The first kappa shape index (κ1) is 16.1. The van der Waals surface area contributed by atoms with E-state index in [-0.39, 0.29) is 17.2 Å². The van der Waals surface area contributed by atoms with Crippen molar-refractivity contribution in [2.75, 3.05) is 5.32 Å². The number of carbonyl (C=O) groups excluding carboxylic acids is 1. The smallest absolute Gasteiger partial charge is 0.251 e. The Balaban J connectivity index is 2.30. The van der Waals surface area contributed by atoms with Crippen LogP contribution in [0, 0.1) is 0 Å². The minimum Gasteiger partial charge on any atom is -0.507 e. The number of aromatic nitrogens is 2. The zero-order valence-corrected chi connectivity index (χ0v) is 13.2. The van der Waals surface area contributed by atoms with Crippen LogP contribution in [-0.4, -0.2) is 21.0 Å². The van der Waals surface area contributed by atoms with E-state index in [1.54, 1.807) is 12.1 Å². The van der Waals surface area contributed by atoms with Crippen molar-refractivity contribution in [1.29, 1.82) is 0 Å². The predicted octanol–water partition coefficient (Wildman–Crippen LogP) is 2.54. The first-order chi connectivity index (χ1) is 10.5. The van der Waals surface area contributed by atoms with Gasteiger partial charge in [-0.15, -0.1) is 0 Å². The fraction of sp³-hybridized carbons (Fsp3) is 0.267. The van der Waals surface area contributed by atoms with Gasteiger partial charge in [0.15, 0.2) is 5.16 Å². The van der Waals surface area contributed by atoms with Gasteiger partial charge in [-0.2, -0.15) is 0 Å². The first-order valence-electron chi connectivity index (χ1n) is 6.86. The number of aromatic hydroxyl groups is 1. The lowest BCUT2D eigenvalue weighted by Gasteiger charge is -2.08. The zero-order chi connectivity index (χ0) is 16.1. The standard InChI is InChI=1S/C15H17N3O3S/c1-3-4-10-8-14(21)18-15(17-10)22-13-7-11(16-9(2)19)5-6-12(13)20/h5-8,20H,3-4H2,1-2H3,(H,16,19)(H,17,18,21). The van der Waals surface area contributed by atoms with Crippen LogP contribution < -0.4 is 10.9 Å². The third kappa shape index (κ3) is 4.36. The summed E-state index contributed by atoms with van der Waals surface area (Å²) in [6, 6.07) is 6.20. The number of aryl methyl sites for hydroxylation is 1. The van der Waals surface area contributed by atoms with Crippen molar-refractivity contribution in [3.63, 3.8) is 0 Å². The highest BCUT2D eigenvalue weighted by molar-refractivity contribution is 7.99. The van der Waals surface area contributed by atoms with Crippen molar-refractivity contribution < 1.29 is 9.90 Å². The van der Waals surface area contributed by atoms with Gasteiger partial charge in [0, 0.05) is 24.4 Å². The molecule has 1 aromatic heterocycles. The van der Waals surface area contributed by atoms with Crippen molar-refractivity contribution in [2.45, 2.75) is 36.7 Å². The van der Waals surface area contributed by atoms with Crippen LogP contribution in [-0.2, 0) is 11.2 Å². The summed E-state index contributed by atoms with van der Waals surface area (Å²) < 4.78 is 0. The maximum absolute atomic E-state index is 11.6. The van der Waals surface area contributed by atoms with Gasteiger partial charge in [0.1, 0.15) is 5.75 Å². The van der Waals surface area contributed by atoms with Gasteiger partial charge in [-0.05, 0) is 36.4 Å². The van der Waals surface area contributed by atoms with E-state index in [0.717, 1.165) is 24.6 Å². The highest BCUT2D eigenvalue weighted by atomic mass is 32.2. The summed E-state index contributed by atoms with van der Waals surface area (Å²) in [5, 5.41) is 13.0. The number of anilines is 1. The molecule has 0 saturated carbocycles. The topological polar surface area (TPSA) is 95.1 Å². The highest BCUT2D eigenvalue weighted by Gasteiger charge is 2.09. The van der Waals surface area contributed by atoms with E-state index in [9.17, 15) is 14.7 Å². The van der Waals surface area contributed by atoms with Crippen LogP contribution in [0.5, 0.6) is 5.75 Å². The van der Waals surface area contributed by atoms with Crippen molar-refractivity contribution in [3.8, 4) is 5.75 Å². The average molecular weight is 319 g/mol. The van der Waals surface area contributed by atoms with Crippen molar-refractivity contribution in [2.24, 2.45) is 0 Å². The van der Waals surface area contributed by atoms with Gasteiger partial charge >= 0.3 is 0 Å². The van der Waals surface area contributed by atoms with Gasteiger partial charge in [0.2, 0.25) is 5.91 Å². The third-order valence-corrected chi connectivity index (χ3v) is 3.70. The van der Waals surface area contributed by atoms with Gasteiger partial charge in [0.05, 0.1) is 4.90 Å². The predicted molar refractivity (Wildman–Crippen MR) is 85.4 cm³/mol. The summed E-state index contributed by atoms with van der Waals surface area (Å²) >= 11 is 1.14. The van der Waals surface area contributed by atoms with Crippen LogP contribution in [0.2, 0.25) is 0 Å². The van der Waals surface area contributed by atoms with E-state index >= 15 is 0 Å². The molecule has 7 heteroatoms. The van der Waals surface area contributed by atoms with Gasteiger partial charge in [0.25, 0.3) is 5.56 Å². The Labute approximate surface area is 132 Å². The van der Waals surface area contributed by atoms with E-state index in [0.29, 0.717) is 21.4 Å². The van der Waals surface area contributed by atoms with Crippen LogP contribution in [0.15, 0.2) is 39.1 Å². The Kier molecular flexibility index (Phi) is 5.21. The van der Waals surface area contributed by atoms with Crippen LogP contribution in [0.25, 0.3) is 0 Å². The number of hydrogen-bond acceptors (Lipinski definition) is 5. The Bertz CT molecular complexity index is 743. The largest absolute Gasteiger partial charge is 0.507 e. The molecule has 0 aliphatic rings. The van der Waals surface area contributed by atoms with E-state index < -0.39 is 0 Å². The molecule has 1 aromatic carbocycles. The van der Waals surface area contributed by atoms with Gasteiger partial charge in [-0.3, -0.25) is 9.59 Å². The van der Waals surface area contributed by atoms with Gasteiger partial charge in [-0.1, -0.05) is 13.3 Å². The number of phenols is 1. The first-order valence-corrected chi connectivity index (χ1v) is 7.68. The third-order valence-electron chi connectivity index (χ3n) is 2.77. The molecule has 3 N–H and O–H groups in total. The number of phenolic OH excluding ortho intramolecular Hbond substituents is 1. The summed E-state index contributed by atoms with van der Waals surface area (Å²) in [6.45, 7) is 3.42. The number of nitrogens with zero attached hydrogens (tertiary/aromatic N) is 1. The molecule has 0 saturated heterocycles. The number of hydrogen-bond donors (Lipinski definition) is 3. The molecule has 1 heterocycles. The monoisotopic (exact) mass is 319 g/mol. The number of amides is 1. The summed E-state index contributed by atoms with van der Waals surface area (Å²) in [5.74, 6) is -0.138. The molecule has 0 radical (unpaired) electrons. The number of benzene rings is 1. The minimum atomic E-state index is -0.224. The number of aromatic amines is 1. The Morgan fingerprint density at radius 1 is 1.41 bits per heavy atom. The molecular formula is C15H17N3O3S. The van der Waals surface area contributed by atoms with E-state index in [4.69, 9.17) is 0 Å². The maximum Gasteiger partial charge on any atom is 0.251 e. The number of nitrogens with one attached hydrogen (secondary N) is 2. The van der Waals surface area contributed by atoms with Crippen LogP contribution in [0.1, 0.15) is 26.0 Å².